The van der Waals surface area contributed by atoms with Gasteiger partial charge < -0.3 is 21.1 Å². The normalized spacial score (nSPS) is 12.2. The Morgan fingerprint density at radius 3 is 2.29 bits per heavy atom. The average Bonchev–Trinajstić information content (AvgIpc) is 2.67. The van der Waals surface area contributed by atoms with E-state index in [4.69, 9.17) is 33.7 Å². The van der Waals surface area contributed by atoms with E-state index in [1.807, 2.05) is 0 Å². The zero-order valence-corrected chi connectivity index (χ0v) is 19.2. The first kappa shape index (κ1) is 24.6. The molecule has 0 aliphatic rings. The lowest BCUT2D eigenvalue weighted by atomic mass is 10.0. The van der Waals surface area contributed by atoms with Crippen molar-refractivity contribution in [2.75, 3.05) is 17.1 Å². The third-order valence-corrected chi connectivity index (χ3v) is 6.26. The molecule has 0 aromatic heterocycles. The molecule has 0 saturated heterocycles. The maximum atomic E-state index is 12.8. The third-order valence-electron chi connectivity index (χ3n) is 4.16. The highest BCUT2D eigenvalue weighted by Gasteiger charge is 2.24. The number of primary amides is 1. The molecule has 9 nitrogen and oxygen atoms in total. The Labute approximate surface area is 190 Å². The Balaban J connectivity index is 2.32. The number of nitrogens with two attached hydrogens (primary N) is 1. The number of halogens is 2. The summed E-state index contributed by atoms with van der Waals surface area (Å²) in [6.45, 7) is 3.48. The molecular weight excluding hydrogens is 467 g/mol. The van der Waals surface area contributed by atoms with Gasteiger partial charge in [-0.15, -0.1) is 0 Å². The van der Waals surface area contributed by atoms with E-state index in [1.165, 1.54) is 43.5 Å². The van der Waals surface area contributed by atoms with Crippen molar-refractivity contribution in [3.63, 3.8) is 0 Å². The molecule has 168 valence electrons. The van der Waals surface area contributed by atoms with Crippen molar-refractivity contribution in [3.8, 4) is 5.75 Å². The second-order valence-electron chi connectivity index (χ2n) is 6.82. The molecule has 12 heteroatoms. The van der Waals surface area contributed by atoms with Gasteiger partial charge in [0.15, 0.2) is 0 Å². The van der Waals surface area contributed by atoms with Crippen LogP contribution in [0.3, 0.4) is 0 Å². The van der Waals surface area contributed by atoms with Crippen LogP contribution in [-0.2, 0) is 14.8 Å². The second-order valence-corrected chi connectivity index (χ2v) is 9.31. The van der Waals surface area contributed by atoms with Gasteiger partial charge in [-0.25, -0.2) is 13.2 Å². The lowest BCUT2D eigenvalue weighted by Gasteiger charge is -2.21. The van der Waals surface area contributed by atoms with Crippen molar-refractivity contribution in [2.24, 2.45) is 11.7 Å². The number of ether oxygens (including phenoxy) is 1. The molecule has 2 aromatic rings. The fraction of sp³-hybridized carbons (Fsp3) is 0.263. The van der Waals surface area contributed by atoms with Crippen molar-refractivity contribution >= 4 is 56.5 Å². The zero-order chi connectivity index (χ0) is 23.3. The quantitative estimate of drug-likeness (QED) is 0.450. The summed E-state index contributed by atoms with van der Waals surface area (Å²) in [5.74, 6) is -0.534. The number of anilines is 2. The van der Waals surface area contributed by atoms with Gasteiger partial charge in [0.25, 0.3) is 10.0 Å². The molecule has 2 rings (SSSR count). The summed E-state index contributed by atoms with van der Waals surface area (Å²) >= 11 is 11.8. The molecule has 3 amide bonds. The van der Waals surface area contributed by atoms with E-state index in [2.05, 4.69) is 15.4 Å². The molecule has 5 N–H and O–H groups in total. The number of hydrogen-bond acceptors (Lipinski definition) is 5. The van der Waals surface area contributed by atoms with Gasteiger partial charge in [0.2, 0.25) is 5.91 Å². The molecule has 31 heavy (non-hydrogen) atoms. The molecule has 0 unspecified atom stereocenters. The first-order valence-electron chi connectivity index (χ1n) is 8.97. The summed E-state index contributed by atoms with van der Waals surface area (Å²) in [5.41, 5.74) is 5.48. The Morgan fingerprint density at radius 2 is 1.74 bits per heavy atom. The first-order valence-corrected chi connectivity index (χ1v) is 11.2. The monoisotopic (exact) mass is 488 g/mol. The number of methoxy groups -OCH3 is 1. The SMILES string of the molecule is COc1ccc(NC(=O)[C@@H](NC(N)=O)C(C)C)cc1NS(=O)(=O)c1ccc(Cl)c(Cl)c1. The number of sulfonamides is 1. The Bertz CT molecular complexity index is 1090. The number of nitrogens with one attached hydrogen (secondary N) is 3. The molecule has 0 fully saturated rings. The standard InChI is InChI=1S/C19H22Cl2N4O5S/c1-10(2)17(24-19(22)27)18(26)23-11-4-7-16(30-3)15(8-11)25-31(28,29)12-5-6-13(20)14(21)9-12/h4-10,17,25H,1-3H3,(H,23,26)(H3,22,24,27)/t17-/m0/s1. The predicted molar refractivity (Wildman–Crippen MR) is 120 cm³/mol. The van der Waals surface area contributed by atoms with Crippen LogP contribution in [0.4, 0.5) is 16.2 Å². The molecule has 0 bridgehead atoms. The van der Waals surface area contributed by atoms with Crippen LogP contribution < -0.4 is 25.8 Å². The molecule has 0 aliphatic heterocycles. The van der Waals surface area contributed by atoms with Crippen LogP contribution in [0.5, 0.6) is 5.75 Å². The van der Waals surface area contributed by atoms with Gasteiger partial charge in [0, 0.05) is 5.69 Å². The van der Waals surface area contributed by atoms with Gasteiger partial charge in [0.1, 0.15) is 11.8 Å². The van der Waals surface area contributed by atoms with Gasteiger partial charge in [-0.05, 0) is 42.3 Å². The van der Waals surface area contributed by atoms with Crippen LogP contribution in [-0.4, -0.2) is 33.5 Å². The number of hydrogen-bond donors (Lipinski definition) is 4. The average molecular weight is 489 g/mol. The van der Waals surface area contributed by atoms with Crippen LogP contribution >= 0.6 is 23.2 Å². The Kier molecular flexibility index (Phi) is 7.99. The van der Waals surface area contributed by atoms with Gasteiger partial charge in [-0.2, -0.15) is 0 Å². The predicted octanol–water partition coefficient (Wildman–Crippen LogP) is 3.43. The topological polar surface area (TPSA) is 140 Å². The highest BCUT2D eigenvalue weighted by molar-refractivity contribution is 7.92. The largest absolute Gasteiger partial charge is 0.495 e. The lowest BCUT2D eigenvalue weighted by Crippen LogP contribution is -2.49. The summed E-state index contributed by atoms with van der Waals surface area (Å²) < 4.78 is 33.1. The maximum Gasteiger partial charge on any atom is 0.312 e. The molecule has 0 heterocycles. The van der Waals surface area contributed by atoms with E-state index < -0.39 is 28.0 Å². The smallest absolute Gasteiger partial charge is 0.312 e. The van der Waals surface area contributed by atoms with E-state index in [-0.39, 0.29) is 38.0 Å². The molecule has 1 atom stereocenters. The first-order chi connectivity index (χ1) is 14.4. The minimum absolute atomic E-state index is 0.0790. The van der Waals surface area contributed by atoms with Crippen LogP contribution in [0.15, 0.2) is 41.3 Å². The van der Waals surface area contributed by atoms with Gasteiger partial charge in [-0.3, -0.25) is 9.52 Å². The number of benzene rings is 2. The molecular formula is C19H22Cl2N4O5S. The summed E-state index contributed by atoms with van der Waals surface area (Å²) in [5, 5.41) is 5.30. The van der Waals surface area contributed by atoms with E-state index in [9.17, 15) is 18.0 Å². The lowest BCUT2D eigenvalue weighted by molar-refractivity contribution is -0.118. The fourth-order valence-electron chi connectivity index (χ4n) is 2.62. The number of carbonyl (C=O) groups excluding carboxylic acids is 2. The van der Waals surface area contributed by atoms with Gasteiger partial charge in [-0.1, -0.05) is 37.0 Å². The Hall–Kier alpha value is -2.69. The second kappa shape index (κ2) is 10.1. The number of urea groups is 1. The molecule has 2 aromatic carbocycles. The Morgan fingerprint density at radius 1 is 1.06 bits per heavy atom. The highest BCUT2D eigenvalue weighted by Crippen LogP contribution is 2.31. The van der Waals surface area contributed by atoms with Crippen molar-refractivity contribution in [3.05, 3.63) is 46.4 Å². The molecule has 0 radical (unpaired) electrons. The van der Waals surface area contributed by atoms with Crippen LogP contribution in [0.1, 0.15) is 13.8 Å². The highest BCUT2D eigenvalue weighted by atomic mass is 35.5. The fourth-order valence-corrected chi connectivity index (χ4v) is 4.07. The molecule has 0 saturated carbocycles. The van der Waals surface area contributed by atoms with Crippen LogP contribution in [0, 0.1) is 5.92 Å². The summed E-state index contributed by atoms with van der Waals surface area (Å²) in [4.78, 5) is 23.6. The number of carbonyl (C=O) groups is 2. The summed E-state index contributed by atoms with van der Waals surface area (Å²) in [6.07, 6.45) is 0. The van der Waals surface area contributed by atoms with Gasteiger partial charge >= 0.3 is 6.03 Å². The van der Waals surface area contributed by atoms with Crippen LogP contribution in [0.2, 0.25) is 10.0 Å². The third kappa shape index (κ3) is 6.39. The van der Waals surface area contributed by atoms with Crippen molar-refractivity contribution in [2.45, 2.75) is 24.8 Å². The number of rotatable bonds is 8. The van der Waals surface area contributed by atoms with Crippen LogP contribution in [0.25, 0.3) is 0 Å². The van der Waals surface area contributed by atoms with E-state index in [0.29, 0.717) is 0 Å². The molecule has 0 spiro atoms. The zero-order valence-electron chi connectivity index (χ0n) is 16.9. The number of amides is 3. The summed E-state index contributed by atoms with van der Waals surface area (Å²) in [6, 6.07) is 6.56. The minimum Gasteiger partial charge on any atom is -0.495 e. The van der Waals surface area contributed by atoms with Crippen molar-refractivity contribution in [1.29, 1.82) is 0 Å². The summed E-state index contributed by atoms with van der Waals surface area (Å²) in [7, 11) is -2.66. The molecule has 0 aliphatic carbocycles. The minimum atomic E-state index is -4.04. The van der Waals surface area contributed by atoms with Crippen molar-refractivity contribution in [1.82, 2.24) is 5.32 Å². The van der Waals surface area contributed by atoms with E-state index in [0.717, 1.165) is 0 Å². The van der Waals surface area contributed by atoms with Crippen molar-refractivity contribution < 1.29 is 22.7 Å². The van der Waals surface area contributed by atoms with E-state index >= 15 is 0 Å². The maximum absolute atomic E-state index is 12.8. The van der Waals surface area contributed by atoms with Gasteiger partial charge in [0.05, 0.1) is 27.7 Å². The van der Waals surface area contributed by atoms with E-state index in [1.54, 1.807) is 13.8 Å².